The average Bonchev–Trinajstić information content (AvgIpc) is 2.18. The van der Waals surface area contributed by atoms with Crippen LogP contribution in [0.3, 0.4) is 0 Å². The van der Waals surface area contributed by atoms with Crippen molar-refractivity contribution in [3.05, 3.63) is 0 Å². The molecule has 1 amide bonds. The van der Waals surface area contributed by atoms with Crippen LogP contribution >= 0.6 is 0 Å². The Morgan fingerprint density at radius 2 is 2.19 bits per heavy atom. The summed E-state index contributed by atoms with van der Waals surface area (Å²) in [6.07, 6.45) is 0.426. The van der Waals surface area contributed by atoms with Gasteiger partial charge in [0.1, 0.15) is 5.92 Å². The van der Waals surface area contributed by atoms with E-state index in [9.17, 15) is 4.79 Å². The summed E-state index contributed by atoms with van der Waals surface area (Å²) >= 11 is 0. The number of nitriles is 1. The molecular weight excluding hydrogens is 208 g/mol. The van der Waals surface area contributed by atoms with Crippen molar-refractivity contribution in [1.82, 2.24) is 5.32 Å². The molecule has 2 atom stereocenters. The van der Waals surface area contributed by atoms with Crippen molar-refractivity contribution in [2.75, 3.05) is 20.3 Å². The minimum absolute atomic E-state index is 0.0206. The molecule has 0 saturated heterocycles. The molecule has 16 heavy (non-hydrogen) atoms. The van der Waals surface area contributed by atoms with E-state index in [1.807, 2.05) is 19.9 Å². The van der Waals surface area contributed by atoms with Gasteiger partial charge in [-0.05, 0) is 12.3 Å². The molecule has 0 fully saturated rings. The largest absolute Gasteiger partial charge is 0.396 e. The van der Waals surface area contributed by atoms with E-state index in [4.69, 9.17) is 15.1 Å². The minimum atomic E-state index is -0.655. The topological polar surface area (TPSA) is 82.3 Å². The molecule has 0 aromatic heterocycles. The lowest BCUT2D eigenvalue weighted by molar-refractivity contribution is -0.125. The zero-order valence-electron chi connectivity index (χ0n) is 10.1. The van der Waals surface area contributed by atoms with Gasteiger partial charge in [0.15, 0.2) is 0 Å². The van der Waals surface area contributed by atoms with E-state index < -0.39 is 5.92 Å². The van der Waals surface area contributed by atoms with E-state index in [0.29, 0.717) is 13.0 Å². The lowest BCUT2D eigenvalue weighted by atomic mass is 9.96. The molecule has 0 saturated carbocycles. The van der Waals surface area contributed by atoms with E-state index in [-0.39, 0.29) is 24.5 Å². The van der Waals surface area contributed by atoms with Gasteiger partial charge in [0.25, 0.3) is 0 Å². The third-order valence-corrected chi connectivity index (χ3v) is 2.28. The summed E-state index contributed by atoms with van der Waals surface area (Å²) in [6.45, 7) is 3.96. The molecule has 0 aliphatic heterocycles. The average molecular weight is 228 g/mol. The van der Waals surface area contributed by atoms with Gasteiger partial charge in [-0.25, -0.2) is 0 Å². The quantitative estimate of drug-likeness (QED) is 0.656. The van der Waals surface area contributed by atoms with Gasteiger partial charge < -0.3 is 15.2 Å². The van der Waals surface area contributed by atoms with Crippen molar-refractivity contribution in [3.8, 4) is 6.07 Å². The van der Waals surface area contributed by atoms with E-state index in [1.165, 1.54) is 7.11 Å². The summed E-state index contributed by atoms with van der Waals surface area (Å²) < 4.78 is 4.92. The predicted octanol–water partition coefficient (Wildman–Crippen LogP) is 0.296. The van der Waals surface area contributed by atoms with Gasteiger partial charge in [-0.1, -0.05) is 13.8 Å². The number of methoxy groups -OCH3 is 1. The monoisotopic (exact) mass is 228 g/mol. The van der Waals surface area contributed by atoms with Crippen LogP contribution in [-0.2, 0) is 9.53 Å². The van der Waals surface area contributed by atoms with Crippen molar-refractivity contribution in [3.63, 3.8) is 0 Å². The lowest BCUT2D eigenvalue weighted by Crippen LogP contribution is -2.42. The van der Waals surface area contributed by atoms with Crippen LogP contribution in [0.2, 0.25) is 0 Å². The molecule has 0 aromatic rings. The van der Waals surface area contributed by atoms with Crippen molar-refractivity contribution in [2.45, 2.75) is 26.3 Å². The molecule has 2 unspecified atom stereocenters. The maximum atomic E-state index is 11.7. The van der Waals surface area contributed by atoms with Gasteiger partial charge in [-0.2, -0.15) is 5.26 Å². The molecular formula is C11H20N2O3. The van der Waals surface area contributed by atoms with Crippen LogP contribution in [0, 0.1) is 23.2 Å². The van der Waals surface area contributed by atoms with Crippen LogP contribution in [0.1, 0.15) is 20.3 Å². The first-order valence-corrected chi connectivity index (χ1v) is 5.36. The Hall–Kier alpha value is -1.12. The number of hydrogen-bond acceptors (Lipinski definition) is 4. The fourth-order valence-corrected chi connectivity index (χ4v) is 1.36. The van der Waals surface area contributed by atoms with E-state index >= 15 is 0 Å². The Morgan fingerprint density at radius 1 is 1.56 bits per heavy atom. The summed E-state index contributed by atoms with van der Waals surface area (Å²) in [5.41, 5.74) is 0. The van der Waals surface area contributed by atoms with Gasteiger partial charge in [0.05, 0.1) is 18.7 Å². The lowest BCUT2D eigenvalue weighted by Gasteiger charge is -2.20. The van der Waals surface area contributed by atoms with Crippen molar-refractivity contribution < 1.29 is 14.6 Å². The van der Waals surface area contributed by atoms with Crippen molar-refractivity contribution in [2.24, 2.45) is 11.8 Å². The molecule has 0 rings (SSSR count). The summed E-state index contributed by atoms with van der Waals surface area (Å²) in [7, 11) is 1.53. The second-order valence-electron chi connectivity index (χ2n) is 4.02. The molecule has 92 valence electrons. The normalized spacial score (nSPS) is 14.2. The Bertz CT molecular complexity index is 242. The van der Waals surface area contributed by atoms with Crippen LogP contribution in [0.25, 0.3) is 0 Å². The van der Waals surface area contributed by atoms with Gasteiger partial charge in [0.2, 0.25) is 5.91 Å². The molecule has 0 radical (unpaired) electrons. The Morgan fingerprint density at radius 3 is 2.56 bits per heavy atom. The number of ether oxygens (including phenoxy) is 1. The van der Waals surface area contributed by atoms with Crippen molar-refractivity contribution >= 4 is 5.91 Å². The van der Waals surface area contributed by atoms with E-state index in [2.05, 4.69) is 5.32 Å². The minimum Gasteiger partial charge on any atom is -0.396 e. The standard InChI is InChI=1S/C11H20N2O3/c1-8(2)10(6-12)11(15)13-9(4-5-14)7-16-3/h8-10,14H,4-5,7H2,1-3H3,(H,13,15). The molecule has 0 aliphatic carbocycles. The first-order chi connectivity index (χ1) is 7.56. The number of amides is 1. The number of nitrogens with one attached hydrogen (secondary N) is 1. The Balaban J connectivity index is 4.32. The third-order valence-electron chi connectivity index (χ3n) is 2.28. The molecule has 0 bridgehead atoms. The number of hydrogen-bond donors (Lipinski definition) is 2. The van der Waals surface area contributed by atoms with Gasteiger partial charge >= 0.3 is 0 Å². The molecule has 5 nitrogen and oxygen atoms in total. The fraction of sp³-hybridized carbons (Fsp3) is 0.818. The number of carbonyl (C=O) groups is 1. The molecule has 0 heterocycles. The zero-order valence-corrected chi connectivity index (χ0v) is 10.1. The highest BCUT2D eigenvalue weighted by molar-refractivity contribution is 5.81. The highest BCUT2D eigenvalue weighted by Gasteiger charge is 2.23. The first-order valence-electron chi connectivity index (χ1n) is 5.36. The van der Waals surface area contributed by atoms with E-state index in [0.717, 1.165) is 0 Å². The Kier molecular flexibility index (Phi) is 7.52. The SMILES string of the molecule is COCC(CCO)NC(=O)C(C#N)C(C)C. The second-order valence-corrected chi connectivity index (χ2v) is 4.02. The molecule has 0 aliphatic rings. The van der Waals surface area contributed by atoms with Crippen LogP contribution in [0.5, 0.6) is 0 Å². The summed E-state index contributed by atoms with van der Waals surface area (Å²) in [5, 5.41) is 20.4. The number of aliphatic hydroxyl groups is 1. The van der Waals surface area contributed by atoms with Crippen LogP contribution < -0.4 is 5.32 Å². The summed E-state index contributed by atoms with van der Waals surface area (Å²) in [5.74, 6) is -0.978. The fourth-order valence-electron chi connectivity index (χ4n) is 1.36. The molecule has 5 heteroatoms. The molecule has 0 spiro atoms. The second kappa shape index (κ2) is 8.08. The number of rotatable bonds is 7. The first kappa shape index (κ1) is 14.9. The maximum Gasteiger partial charge on any atom is 0.237 e. The number of nitrogens with zero attached hydrogens (tertiary/aromatic N) is 1. The van der Waals surface area contributed by atoms with Gasteiger partial charge in [0, 0.05) is 13.7 Å². The maximum absolute atomic E-state index is 11.7. The van der Waals surface area contributed by atoms with E-state index in [1.54, 1.807) is 0 Å². The van der Waals surface area contributed by atoms with Gasteiger partial charge in [-0.3, -0.25) is 4.79 Å². The van der Waals surface area contributed by atoms with Gasteiger partial charge in [-0.15, -0.1) is 0 Å². The van der Waals surface area contributed by atoms with Crippen LogP contribution in [-0.4, -0.2) is 37.4 Å². The van der Waals surface area contributed by atoms with Crippen molar-refractivity contribution in [1.29, 1.82) is 5.26 Å². The number of carbonyl (C=O) groups excluding carboxylic acids is 1. The molecule has 0 aromatic carbocycles. The highest BCUT2D eigenvalue weighted by atomic mass is 16.5. The zero-order chi connectivity index (χ0) is 12.6. The smallest absolute Gasteiger partial charge is 0.237 e. The predicted molar refractivity (Wildman–Crippen MR) is 59.5 cm³/mol. The van der Waals surface area contributed by atoms with Crippen LogP contribution in [0.4, 0.5) is 0 Å². The summed E-state index contributed by atoms with van der Waals surface area (Å²) in [4.78, 5) is 11.7. The Labute approximate surface area is 96.4 Å². The third kappa shape index (κ3) is 5.10. The number of aliphatic hydroxyl groups excluding tert-OH is 1. The molecule has 2 N–H and O–H groups in total. The highest BCUT2D eigenvalue weighted by Crippen LogP contribution is 2.10. The summed E-state index contributed by atoms with van der Waals surface area (Å²) in [6, 6.07) is 1.74. The van der Waals surface area contributed by atoms with Crippen LogP contribution in [0.15, 0.2) is 0 Å².